The van der Waals surface area contributed by atoms with Crippen LogP contribution in [0.5, 0.6) is 0 Å². The highest BCUT2D eigenvalue weighted by atomic mass is 16.4. The van der Waals surface area contributed by atoms with E-state index in [1.54, 1.807) is 0 Å². The number of rotatable bonds is 13. The lowest BCUT2D eigenvalue weighted by Crippen LogP contribution is -2.54. The number of hydrogen-bond donors (Lipinski definition) is 6. The van der Waals surface area contributed by atoms with Gasteiger partial charge in [0.2, 0.25) is 23.6 Å². The molecule has 154 valence electrons. The third kappa shape index (κ3) is 10.8. The first-order chi connectivity index (χ1) is 12.4. The molecule has 0 heterocycles. The number of amides is 4. The number of carbonyl (C=O) groups is 5. The molecule has 4 amide bonds. The standard InChI is InChI=1S/C16H29N5O6/c1-8(2)7-9(17)14(24)20-10(3-5-12(18)22)15(25)21-11(16(26)27)4-6-13(19)23/h8-11H,3-7,17H2,1-2H3,(H2,18,22)(H2,19,23)(H,20,24)(H,21,25)(H,26,27)/t9-,10-,11-/m0/s1. The Bertz CT molecular complexity index is 566. The van der Waals surface area contributed by atoms with E-state index in [0.717, 1.165) is 0 Å². The molecule has 0 spiro atoms. The van der Waals surface area contributed by atoms with E-state index >= 15 is 0 Å². The predicted octanol–water partition coefficient (Wildman–Crippen LogP) is -2.05. The maximum absolute atomic E-state index is 12.4. The quantitative estimate of drug-likeness (QED) is 0.208. The molecule has 0 radical (unpaired) electrons. The molecule has 0 aromatic heterocycles. The van der Waals surface area contributed by atoms with E-state index in [4.69, 9.17) is 22.3 Å². The molecule has 27 heavy (non-hydrogen) atoms. The van der Waals surface area contributed by atoms with Crippen LogP contribution in [0.3, 0.4) is 0 Å². The maximum Gasteiger partial charge on any atom is 0.326 e. The van der Waals surface area contributed by atoms with Gasteiger partial charge in [0, 0.05) is 12.8 Å². The number of nitrogens with one attached hydrogen (secondary N) is 2. The molecule has 0 aliphatic rings. The van der Waals surface area contributed by atoms with Crippen molar-refractivity contribution in [1.82, 2.24) is 10.6 Å². The van der Waals surface area contributed by atoms with Gasteiger partial charge in [0.1, 0.15) is 12.1 Å². The summed E-state index contributed by atoms with van der Waals surface area (Å²) in [4.78, 5) is 57.6. The Morgan fingerprint density at radius 2 is 1.30 bits per heavy atom. The Kier molecular flexibility index (Phi) is 10.7. The Morgan fingerprint density at radius 1 is 0.852 bits per heavy atom. The Hall–Kier alpha value is -2.69. The number of aliphatic carboxylic acids is 1. The molecule has 3 atom stereocenters. The molecule has 0 unspecified atom stereocenters. The predicted molar refractivity (Wildman–Crippen MR) is 95.8 cm³/mol. The van der Waals surface area contributed by atoms with Crippen LogP contribution in [0.4, 0.5) is 0 Å². The van der Waals surface area contributed by atoms with Gasteiger partial charge < -0.3 is 32.9 Å². The summed E-state index contributed by atoms with van der Waals surface area (Å²) in [5.74, 6) is -4.03. The second-order valence-electron chi connectivity index (χ2n) is 6.71. The van der Waals surface area contributed by atoms with Crippen LogP contribution in [0.15, 0.2) is 0 Å². The molecule has 0 fully saturated rings. The smallest absolute Gasteiger partial charge is 0.326 e. The average molecular weight is 387 g/mol. The number of hydrogen-bond acceptors (Lipinski definition) is 6. The first-order valence-corrected chi connectivity index (χ1v) is 8.59. The second-order valence-corrected chi connectivity index (χ2v) is 6.71. The zero-order valence-electron chi connectivity index (χ0n) is 15.6. The molecule has 0 aliphatic heterocycles. The molecule has 0 aromatic carbocycles. The maximum atomic E-state index is 12.4. The van der Waals surface area contributed by atoms with Crippen LogP contribution in [0, 0.1) is 5.92 Å². The fraction of sp³-hybridized carbons (Fsp3) is 0.688. The van der Waals surface area contributed by atoms with Crippen molar-refractivity contribution < 1.29 is 29.1 Å². The fourth-order valence-electron chi connectivity index (χ4n) is 2.27. The second kappa shape index (κ2) is 11.8. The molecule has 0 bridgehead atoms. The molecular weight excluding hydrogens is 358 g/mol. The van der Waals surface area contributed by atoms with Crippen molar-refractivity contribution in [2.45, 2.75) is 64.1 Å². The van der Waals surface area contributed by atoms with Gasteiger partial charge in [0.05, 0.1) is 6.04 Å². The van der Waals surface area contributed by atoms with Crippen LogP contribution in [0.1, 0.15) is 46.0 Å². The molecule has 0 rings (SSSR count). The Morgan fingerprint density at radius 3 is 1.70 bits per heavy atom. The summed E-state index contributed by atoms with van der Waals surface area (Å²) in [6.45, 7) is 3.75. The van der Waals surface area contributed by atoms with E-state index in [0.29, 0.717) is 6.42 Å². The van der Waals surface area contributed by atoms with Gasteiger partial charge in [0.25, 0.3) is 0 Å². The Balaban J connectivity index is 5.09. The van der Waals surface area contributed by atoms with E-state index in [1.165, 1.54) is 0 Å². The number of carboxylic acids is 1. The summed E-state index contributed by atoms with van der Waals surface area (Å²) in [6.07, 6.45) is -0.388. The zero-order chi connectivity index (χ0) is 21.1. The lowest BCUT2D eigenvalue weighted by molar-refractivity contribution is -0.142. The van der Waals surface area contributed by atoms with Gasteiger partial charge in [-0.2, -0.15) is 0 Å². The number of primary amides is 2. The summed E-state index contributed by atoms with van der Waals surface area (Å²) in [5.41, 5.74) is 15.8. The van der Waals surface area contributed by atoms with Gasteiger partial charge in [-0.3, -0.25) is 19.2 Å². The highest BCUT2D eigenvalue weighted by Crippen LogP contribution is 2.06. The molecule has 0 aliphatic carbocycles. The summed E-state index contributed by atoms with van der Waals surface area (Å²) in [5, 5.41) is 13.8. The molecule has 11 nitrogen and oxygen atoms in total. The van der Waals surface area contributed by atoms with Gasteiger partial charge in [-0.1, -0.05) is 13.8 Å². The molecular formula is C16H29N5O6. The Labute approximate surface area is 157 Å². The highest BCUT2D eigenvalue weighted by molar-refractivity contribution is 5.92. The van der Waals surface area contributed by atoms with E-state index in [9.17, 15) is 24.0 Å². The first kappa shape index (κ1) is 24.3. The van der Waals surface area contributed by atoms with Gasteiger partial charge in [-0.25, -0.2) is 4.79 Å². The zero-order valence-corrected chi connectivity index (χ0v) is 15.6. The average Bonchev–Trinajstić information content (AvgIpc) is 2.53. The van der Waals surface area contributed by atoms with Crippen molar-refractivity contribution in [3.05, 3.63) is 0 Å². The monoisotopic (exact) mass is 387 g/mol. The lowest BCUT2D eigenvalue weighted by Gasteiger charge is -2.23. The summed E-state index contributed by atoms with van der Waals surface area (Å²) < 4.78 is 0. The van der Waals surface area contributed by atoms with Crippen molar-refractivity contribution >= 4 is 29.6 Å². The molecule has 0 saturated carbocycles. The minimum absolute atomic E-state index is 0.122. The third-order valence-electron chi connectivity index (χ3n) is 3.67. The van der Waals surface area contributed by atoms with Crippen LogP contribution < -0.4 is 27.8 Å². The van der Waals surface area contributed by atoms with Crippen molar-refractivity contribution in [2.75, 3.05) is 0 Å². The van der Waals surface area contributed by atoms with Gasteiger partial charge in [0.15, 0.2) is 0 Å². The fourth-order valence-corrected chi connectivity index (χ4v) is 2.27. The lowest BCUT2D eigenvalue weighted by atomic mass is 10.0. The summed E-state index contributed by atoms with van der Waals surface area (Å²) in [7, 11) is 0. The molecule has 9 N–H and O–H groups in total. The van der Waals surface area contributed by atoms with Gasteiger partial charge >= 0.3 is 5.97 Å². The SMILES string of the molecule is CC(C)C[C@H](N)C(=O)N[C@@H](CCC(N)=O)C(=O)N[C@@H](CCC(N)=O)C(=O)O. The van der Waals surface area contributed by atoms with E-state index in [-0.39, 0.29) is 31.6 Å². The van der Waals surface area contributed by atoms with Crippen LogP contribution in [-0.2, 0) is 24.0 Å². The normalized spacial score (nSPS) is 14.1. The topological polar surface area (TPSA) is 208 Å². The first-order valence-electron chi connectivity index (χ1n) is 8.59. The van der Waals surface area contributed by atoms with E-state index in [1.807, 2.05) is 13.8 Å². The van der Waals surface area contributed by atoms with Crippen molar-refractivity contribution in [1.29, 1.82) is 0 Å². The van der Waals surface area contributed by atoms with Crippen molar-refractivity contribution in [3.63, 3.8) is 0 Å². The van der Waals surface area contributed by atoms with E-state index < -0.39 is 47.7 Å². The molecule has 0 aromatic rings. The summed E-state index contributed by atoms with van der Waals surface area (Å²) in [6, 6.07) is -3.43. The molecule has 11 heteroatoms. The minimum atomic E-state index is -1.37. The van der Waals surface area contributed by atoms with Gasteiger partial charge in [-0.05, 0) is 25.2 Å². The van der Waals surface area contributed by atoms with Crippen LogP contribution >= 0.6 is 0 Å². The number of carbonyl (C=O) groups excluding carboxylic acids is 4. The van der Waals surface area contributed by atoms with Crippen molar-refractivity contribution in [3.8, 4) is 0 Å². The minimum Gasteiger partial charge on any atom is -0.480 e. The number of nitrogens with two attached hydrogens (primary N) is 3. The largest absolute Gasteiger partial charge is 0.480 e. The van der Waals surface area contributed by atoms with Crippen molar-refractivity contribution in [2.24, 2.45) is 23.1 Å². The van der Waals surface area contributed by atoms with Gasteiger partial charge in [-0.15, -0.1) is 0 Å². The molecule has 0 saturated heterocycles. The van der Waals surface area contributed by atoms with Crippen LogP contribution in [-0.4, -0.2) is 52.8 Å². The van der Waals surface area contributed by atoms with Crippen LogP contribution in [0.2, 0.25) is 0 Å². The number of carboxylic acid groups (broad SMARTS) is 1. The highest BCUT2D eigenvalue weighted by Gasteiger charge is 2.28. The third-order valence-corrected chi connectivity index (χ3v) is 3.67. The van der Waals surface area contributed by atoms with E-state index in [2.05, 4.69) is 10.6 Å². The summed E-state index contributed by atoms with van der Waals surface area (Å²) >= 11 is 0. The van der Waals surface area contributed by atoms with Crippen LogP contribution in [0.25, 0.3) is 0 Å².